The van der Waals surface area contributed by atoms with Crippen molar-refractivity contribution in [1.29, 1.82) is 0 Å². The SMILES string of the molecule is C[N+](C)(C)SP(=O)(O)Cc1ccc2cccc(C(=O)O)c2c1. The van der Waals surface area contributed by atoms with Gasteiger partial charge in [0.15, 0.2) is 11.6 Å². The number of hydrogen-bond donors (Lipinski definition) is 2. The van der Waals surface area contributed by atoms with Gasteiger partial charge in [-0.05, 0) is 28.5 Å². The first kappa shape index (κ1) is 17.0. The monoisotopic (exact) mass is 340 g/mol. The van der Waals surface area contributed by atoms with Gasteiger partial charge in [0, 0.05) is 0 Å². The molecule has 0 fully saturated rings. The van der Waals surface area contributed by atoms with Crippen LogP contribution in [0, 0.1) is 0 Å². The molecule has 0 saturated carbocycles. The minimum Gasteiger partial charge on any atom is -0.478 e. The number of carbonyl (C=O) groups is 1. The summed E-state index contributed by atoms with van der Waals surface area (Å²) in [5.74, 6) is -1.00. The van der Waals surface area contributed by atoms with Gasteiger partial charge in [-0.1, -0.05) is 24.3 Å². The van der Waals surface area contributed by atoms with E-state index < -0.39 is 12.5 Å². The Hall–Kier alpha value is -1.33. The highest BCUT2D eigenvalue weighted by Gasteiger charge is 2.30. The van der Waals surface area contributed by atoms with Gasteiger partial charge in [-0.25, -0.2) is 4.79 Å². The molecule has 0 aliphatic rings. The Kier molecular flexibility index (Phi) is 4.68. The lowest BCUT2D eigenvalue weighted by molar-refractivity contribution is -0.724. The van der Waals surface area contributed by atoms with Crippen molar-refractivity contribution in [2.45, 2.75) is 6.16 Å². The summed E-state index contributed by atoms with van der Waals surface area (Å²) in [6, 6.07) is 10.3. The van der Waals surface area contributed by atoms with E-state index in [0.29, 0.717) is 14.8 Å². The van der Waals surface area contributed by atoms with Crippen LogP contribution < -0.4 is 0 Å². The van der Waals surface area contributed by atoms with Crippen LogP contribution in [0.15, 0.2) is 36.4 Å². The van der Waals surface area contributed by atoms with E-state index in [-0.39, 0.29) is 11.7 Å². The number of hydrogen-bond acceptors (Lipinski definition) is 3. The highest BCUT2D eigenvalue weighted by Crippen LogP contribution is 2.59. The van der Waals surface area contributed by atoms with Crippen molar-refractivity contribution >= 4 is 34.9 Å². The maximum absolute atomic E-state index is 12.3. The van der Waals surface area contributed by atoms with Crippen LogP contribution in [-0.2, 0) is 10.7 Å². The molecule has 22 heavy (non-hydrogen) atoms. The number of benzene rings is 2. The molecule has 7 heteroatoms. The highest BCUT2D eigenvalue weighted by atomic mass is 32.7. The van der Waals surface area contributed by atoms with Crippen LogP contribution in [0.4, 0.5) is 0 Å². The first-order valence-electron chi connectivity index (χ1n) is 6.67. The van der Waals surface area contributed by atoms with Crippen molar-refractivity contribution in [3.05, 3.63) is 47.5 Å². The molecule has 0 spiro atoms. The minimum absolute atomic E-state index is 0.0110. The zero-order chi connectivity index (χ0) is 16.5. The molecule has 1 unspecified atom stereocenters. The Morgan fingerprint density at radius 1 is 1.23 bits per heavy atom. The molecule has 0 amide bonds. The summed E-state index contributed by atoms with van der Waals surface area (Å²) < 4.78 is 12.7. The van der Waals surface area contributed by atoms with Crippen molar-refractivity contribution in [3.8, 4) is 0 Å². The number of aromatic carboxylic acids is 1. The highest BCUT2D eigenvalue weighted by molar-refractivity contribution is 8.53. The molecule has 0 saturated heterocycles. The Labute approximate surface area is 133 Å². The van der Waals surface area contributed by atoms with Gasteiger partial charge < -0.3 is 10.00 Å². The van der Waals surface area contributed by atoms with Crippen molar-refractivity contribution in [1.82, 2.24) is 0 Å². The smallest absolute Gasteiger partial charge is 0.336 e. The fourth-order valence-electron chi connectivity index (χ4n) is 2.25. The number of quaternary nitrogens is 1. The quantitative estimate of drug-likeness (QED) is 0.494. The average Bonchev–Trinajstić information content (AvgIpc) is 2.34. The molecule has 0 heterocycles. The molecule has 2 N–H and O–H groups in total. The molecule has 0 radical (unpaired) electrons. The molecule has 5 nitrogen and oxygen atoms in total. The van der Waals surface area contributed by atoms with Gasteiger partial charge in [-0.15, -0.1) is 0 Å². The maximum atomic E-state index is 12.3. The van der Waals surface area contributed by atoms with E-state index in [4.69, 9.17) is 0 Å². The van der Waals surface area contributed by atoms with Gasteiger partial charge in [-0.2, -0.15) is 0 Å². The number of rotatable bonds is 5. The predicted octanol–water partition coefficient (Wildman–Crippen LogP) is 3.58. The third-order valence-electron chi connectivity index (χ3n) is 2.93. The third-order valence-corrected chi connectivity index (χ3v) is 7.06. The zero-order valence-corrected chi connectivity index (χ0v) is 14.4. The Morgan fingerprint density at radius 3 is 2.50 bits per heavy atom. The number of nitrogens with zero attached hydrogens (tertiary/aromatic N) is 1. The summed E-state index contributed by atoms with van der Waals surface area (Å²) in [5, 5.41) is 10.6. The average molecular weight is 340 g/mol. The lowest BCUT2D eigenvalue weighted by Gasteiger charge is -2.23. The molecule has 2 aromatic rings. The summed E-state index contributed by atoms with van der Waals surface area (Å²) in [7, 11) is 5.49. The van der Waals surface area contributed by atoms with Crippen LogP contribution in [0.2, 0.25) is 0 Å². The lowest BCUT2D eigenvalue weighted by Crippen LogP contribution is -2.24. The van der Waals surface area contributed by atoms with E-state index >= 15 is 0 Å². The number of fused-ring (bicyclic) bond motifs is 1. The molecule has 2 aromatic carbocycles. The second-order valence-electron chi connectivity index (χ2n) is 5.93. The second kappa shape index (κ2) is 6.05. The van der Waals surface area contributed by atoms with E-state index in [2.05, 4.69) is 0 Å². The van der Waals surface area contributed by atoms with E-state index in [1.807, 2.05) is 27.2 Å². The van der Waals surface area contributed by atoms with Crippen LogP contribution in [0.5, 0.6) is 0 Å². The van der Waals surface area contributed by atoms with Crippen LogP contribution in [-0.4, -0.2) is 41.0 Å². The van der Waals surface area contributed by atoms with Gasteiger partial charge in [-0.3, -0.25) is 8.45 Å². The van der Waals surface area contributed by atoms with E-state index in [0.717, 1.165) is 17.0 Å². The van der Waals surface area contributed by atoms with Crippen molar-refractivity contribution < 1.29 is 23.2 Å². The summed E-state index contributed by atoms with van der Waals surface area (Å²) >= 11 is 1.00. The van der Waals surface area contributed by atoms with Crippen LogP contribution >= 0.6 is 18.1 Å². The normalized spacial score (nSPS) is 14.7. The fourth-order valence-corrected chi connectivity index (χ4v) is 6.65. The zero-order valence-electron chi connectivity index (χ0n) is 12.7. The van der Waals surface area contributed by atoms with Crippen molar-refractivity contribution in [2.75, 3.05) is 21.1 Å². The molecule has 0 bridgehead atoms. The largest absolute Gasteiger partial charge is 0.478 e. The molecule has 2 rings (SSSR count). The lowest BCUT2D eigenvalue weighted by atomic mass is 10.0. The molecule has 118 valence electrons. The Bertz CT molecular complexity index is 770. The molecular formula is C15H19NO4PS+. The third kappa shape index (κ3) is 4.34. The minimum atomic E-state index is -3.41. The van der Waals surface area contributed by atoms with Gasteiger partial charge in [0.25, 0.3) is 0 Å². The van der Waals surface area contributed by atoms with Gasteiger partial charge >= 0.3 is 12.5 Å². The van der Waals surface area contributed by atoms with Crippen molar-refractivity contribution in [3.63, 3.8) is 0 Å². The van der Waals surface area contributed by atoms with E-state index in [1.54, 1.807) is 24.3 Å². The van der Waals surface area contributed by atoms with Crippen LogP contribution in [0.25, 0.3) is 10.8 Å². The first-order chi connectivity index (χ1) is 10.1. The molecule has 0 aliphatic heterocycles. The standard InChI is InChI=1S/C15H18NO4PS/c1-16(2,3)22-21(19,20)10-11-7-8-12-5-4-6-13(15(17)18)14(12)9-11/h4-9H,10H2,1-3H3,(H-,17,18,19,20)/p+1. The molecular weight excluding hydrogens is 321 g/mol. The summed E-state index contributed by atoms with van der Waals surface area (Å²) in [5.41, 5.74) is 0.861. The van der Waals surface area contributed by atoms with Crippen molar-refractivity contribution in [2.24, 2.45) is 0 Å². The summed E-state index contributed by atoms with van der Waals surface area (Å²) in [4.78, 5) is 21.4. The second-order valence-corrected chi connectivity index (χ2v) is 11.0. The van der Waals surface area contributed by atoms with Crippen LogP contribution in [0.1, 0.15) is 15.9 Å². The van der Waals surface area contributed by atoms with E-state index in [9.17, 15) is 19.4 Å². The molecule has 1 atom stereocenters. The van der Waals surface area contributed by atoms with Gasteiger partial charge in [0.2, 0.25) is 0 Å². The summed E-state index contributed by atoms with van der Waals surface area (Å²) in [6.45, 7) is -3.41. The van der Waals surface area contributed by atoms with Crippen LogP contribution in [0.3, 0.4) is 0 Å². The summed E-state index contributed by atoms with van der Waals surface area (Å²) in [6.07, 6.45) is 0.0110. The van der Waals surface area contributed by atoms with E-state index in [1.165, 1.54) is 6.07 Å². The molecule has 0 aliphatic carbocycles. The van der Waals surface area contributed by atoms with Gasteiger partial charge in [0.1, 0.15) is 0 Å². The predicted molar refractivity (Wildman–Crippen MR) is 90.1 cm³/mol. The molecule has 0 aromatic heterocycles. The Morgan fingerprint density at radius 2 is 1.91 bits per heavy atom. The fraction of sp³-hybridized carbons (Fsp3) is 0.267. The topological polar surface area (TPSA) is 74.6 Å². The van der Waals surface area contributed by atoms with Gasteiger partial charge in [0.05, 0.1) is 32.9 Å². The number of carboxylic acids is 1. The Balaban J connectivity index is 2.39. The maximum Gasteiger partial charge on any atom is 0.336 e. The number of carboxylic acid groups (broad SMARTS) is 1. The first-order valence-corrected chi connectivity index (χ1v) is 9.89.